The maximum absolute atomic E-state index is 13.2. The number of nitrogens with one attached hydrogen (secondary N) is 1. The minimum atomic E-state index is -1.39. The van der Waals surface area contributed by atoms with Crippen LogP contribution in [-0.4, -0.2) is 15.5 Å². The summed E-state index contributed by atoms with van der Waals surface area (Å²) < 4.78 is 13.2. The molecule has 1 heterocycles. The van der Waals surface area contributed by atoms with Crippen molar-refractivity contribution in [1.82, 2.24) is 4.98 Å². The standard InChI is InChI=1S/C19H16ClNO2S/c1-12-8-13(2)10-15(9-12)24(23)19-16-11-14(20)5-6-17(16)21-18(19)4-3-7-22/h3-11,21H,1-2H3/b4-3+. The number of hydrogen-bond donors (Lipinski definition) is 1. The molecule has 0 aliphatic heterocycles. The van der Waals surface area contributed by atoms with Crippen molar-refractivity contribution in [3.05, 3.63) is 64.3 Å². The van der Waals surface area contributed by atoms with E-state index in [0.717, 1.165) is 26.9 Å². The fourth-order valence-electron chi connectivity index (χ4n) is 2.77. The minimum absolute atomic E-state index is 0.575. The first kappa shape index (κ1) is 16.7. The van der Waals surface area contributed by atoms with Crippen molar-refractivity contribution in [2.24, 2.45) is 0 Å². The summed E-state index contributed by atoms with van der Waals surface area (Å²) in [5.74, 6) is 0. The third-order valence-electron chi connectivity index (χ3n) is 3.68. The molecule has 3 rings (SSSR count). The first-order chi connectivity index (χ1) is 11.5. The highest BCUT2D eigenvalue weighted by atomic mass is 35.5. The normalized spacial score (nSPS) is 12.8. The zero-order valence-corrected chi connectivity index (χ0v) is 14.9. The van der Waals surface area contributed by atoms with Crippen LogP contribution in [0, 0.1) is 13.8 Å². The molecule has 0 spiro atoms. The second-order valence-corrected chi connectivity index (χ2v) is 7.50. The highest BCUT2D eigenvalue weighted by molar-refractivity contribution is 7.85. The Morgan fingerprint density at radius 1 is 1.08 bits per heavy atom. The van der Waals surface area contributed by atoms with E-state index in [1.165, 1.54) is 6.08 Å². The van der Waals surface area contributed by atoms with Crippen molar-refractivity contribution in [3.63, 3.8) is 0 Å². The first-order valence-electron chi connectivity index (χ1n) is 7.43. The summed E-state index contributed by atoms with van der Waals surface area (Å²) in [6, 6.07) is 11.3. The van der Waals surface area contributed by atoms with Gasteiger partial charge in [-0.15, -0.1) is 0 Å². The van der Waals surface area contributed by atoms with E-state index in [1.807, 2.05) is 38.1 Å². The van der Waals surface area contributed by atoms with Crippen LogP contribution in [0.2, 0.25) is 5.02 Å². The Bertz CT molecular complexity index is 968. The van der Waals surface area contributed by atoms with Gasteiger partial charge in [0.15, 0.2) is 0 Å². The molecule has 0 saturated heterocycles. The third-order valence-corrected chi connectivity index (χ3v) is 5.39. The quantitative estimate of drug-likeness (QED) is 0.537. The number of aromatic nitrogens is 1. The molecule has 0 bridgehead atoms. The number of halogens is 1. The van der Waals surface area contributed by atoms with E-state index in [2.05, 4.69) is 4.98 Å². The van der Waals surface area contributed by atoms with Crippen molar-refractivity contribution >= 4 is 45.7 Å². The number of allylic oxidation sites excluding steroid dienone is 1. The van der Waals surface area contributed by atoms with Crippen LogP contribution in [0.1, 0.15) is 16.8 Å². The zero-order valence-electron chi connectivity index (χ0n) is 13.3. The molecule has 1 unspecified atom stereocenters. The highest BCUT2D eigenvalue weighted by Gasteiger charge is 2.18. The predicted octanol–water partition coefficient (Wildman–Crippen LogP) is 4.82. The average molecular weight is 358 g/mol. The molecule has 5 heteroatoms. The Labute approximate surface area is 147 Å². The highest BCUT2D eigenvalue weighted by Crippen LogP contribution is 2.32. The largest absolute Gasteiger partial charge is 0.354 e. The van der Waals surface area contributed by atoms with E-state index in [0.29, 0.717) is 21.9 Å². The van der Waals surface area contributed by atoms with Gasteiger partial charge in [0.1, 0.15) is 6.29 Å². The summed E-state index contributed by atoms with van der Waals surface area (Å²) in [7, 11) is -1.39. The van der Waals surface area contributed by atoms with Gasteiger partial charge in [0.25, 0.3) is 0 Å². The van der Waals surface area contributed by atoms with Crippen molar-refractivity contribution in [2.45, 2.75) is 23.6 Å². The number of aryl methyl sites for hydroxylation is 2. The Kier molecular flexibility index (Phi) is 4.69. The van der Waals surface area contributed by atoms with E-state index in [1.54, 1.807) is 18.2 Å². The molecule has 0 amide bonds. The van der Waals surface area contributed by atoms with E-state index in [-0.39, 0.29) is 0 Å². The van der Waals surface area contributed by atoms with E-state index >= 15 is 0 Å². The summed E-state index contributed by atoms with van der Waals surface area (Å²) >= 11 is 6.12. The van der Waals surface area contributed by atoms with E-state index in [9.17, 15) is 9.00 Å². The number of benzene rings is 2. The van der Waals surface area contributed by atoms with Gasteiger partial charge < -0.3 is 4.98 Å². The summed E-state index contributed by atoms with van der Waals surface area (Å²) in [5.41, 5.74) is 3.59. The number of aldehydes is 1. The van der Waals surface area contributed by atoms with Crippen LogP contribution in [0.3, 0.4) is 0 Å². The monoisotopic (exact) mass is 357 g/mol. The smallest absolute Gasteiger partial charge is 0.142 e. The molecule has 0 aliphatic carbocycles. The average Bonchev–Trinajstić information content (AvgIpc) is 2.88. The van der Waals surface area contributed by atoms with Crippen LogP contribution in [0.15, 0.2) is 52.3 Å². The van der Waals surface area contributed by atoms with Gasteiger partial charge >= 0.3 is 0 Å². The van der Waals surface area contributed by atoms with Crippen LogP contribution in [0.5, 0.6) is 0 Å². The SMILES string of the molecule is Cc1cc(C)cc(S(=O)c2c(/C=C/C=O)[nH]c3ccc(Cl)cc23)c1. The molecule has 3 nitrogen and oxygen atoms in total. The molecular weight excluding hydrogens is 342 g/mol. The number of carbonyl (C=O) groups is 1. The van der Waals surface area contributed by atoms with Crippen LogP contribution in [0.4, 0.5) is 0 Å². The summed E-state index contributed by atoms with van der Waals surface area (Å²) in [5, 5.41) is 1.37. The summed E-state index contributed by atoms with van der Waals surface area (Å²) in [6.45, 7) is 3.96. The molecule has 3 aromatic rings. The molecular formula is C19H16ClNO2S. The molecule has 24 heavy (non-hydrogen) atoms. The number of hydrogen-bond acceptors (Lipinski definition) is 2. The molecule has 1 N–H and O–H groups in total. The second kappa shape index (κ2) is 6.75. The van der Waals surface area contributed by atoms with Crippen LogP contribution in [0.25, 0.3) is 17.0 Å². The van der Waals surface area contributed by atoms with Crippen molar-refractivity contribution in [2.75, 3.05) is 0 Å². The summed E-state index contributed by atoms with van der Waals surface area (Å²) in [6.07, 6.45) is 3.72. The Morgan fingerprint density at radius 3 is 2.46 bits per heavy atom. The molecule has 1 aromatic heterocycles. The molecule has 0 radical (unpaired) electrons. The van der Waals surface area contributed by atoms with Gasteiger partial charge in [-0.1, -0.05) is 17.7 Å². The van der Waals surface area contributed by atoms with Gasteiger partial charge in [0.05, 0.1) is 21.4 Å². The fourth-order valence-corrected chi connectivity index (χ4v) is 4.45. The maximum atomic E-state index is 13.2. The van der Waals surface area contributed by atoms with Gasteiger partial charge in [-0.25, -0.2) is 4.21 Å². The predicted molar refractivity (Wildman–Crippen MR) is 99.0 cm³/mol. The number of carbonyl (C=O) groups excluding carboxylic acids is 1. The van der Waals surface area contributed by atoms with Crippen molar-refractivity contribution < 1.29 is 9.00 Å². The zero-order chi connectivity index (χ0) is 17.3. The molecule has 2 aromatic carbocycles. The Balaban J connectivity index is 2.25. The van der Waals surface area contributed by atoms with Gasteiger partial charge in [0.2, 0.25) is 0 Å². The van der Waals surface area contributed by atoms with Gasteiger partial charge in [-0.3, -0.25) is 4.79 Å². The van der Waals surface area contributed by atoms with E-state index in [4.69, 9.17) is 11.6 Å². The number of rotatable bonds is 4. The van der Waals surface area contributed by atoms with Crippen molar-refractivity contribution in [3.8, 4) is 0 Å². The molecule has 0 aliphatic rings. The van der Waals surface area contributed by atoms with Gasteiger partial charge in [-0.2, -0.15) is 0 Å². The second-order valence-electron chi connectivity index (χ2n) is 5.65. The molecule has 0 fully saturated rings. The summed E-state index contributed by atoms with van der Waals surface area (Å²) in [4.78, 5) is 15.3. The number of aromatic amines is 1. The molecule has 122 valence electrons. The first-order valence-corrected chi connectivity index (χ1v) is 8.95. The van der Waals surface area contributed by atoms with E-state index < -0.39 is 10.8 Å². The molecule has 0 saturated carbocycles. The fraction of sp³-hybridized carbons (Fsp3) is 0.105. The Hall–Kier alpha value is -2.17. The topological polar surface area (TPSA) is 49.9 Å². The van der Waals surface area contributed by atoms with Crippen molar-refractivity contribution in [1.29, 1.82) is 0 Å². The number of H-pyrrole nitrogens is 1. The lowest BCUT2D eigenvalue weighted by Gasteiger charge is -2.06. The lowest BCUT2D eigenvalue weighted by molar-refractivity contribution is -0.104. The van der Waals surface area contributed by atoms with Crippen LogP contribution >= 0.6 is 11.6 Å². The van der Waals surface area contributed by atoms with Gasteiger partial charge in [-0.05, 0) is 67.5 Å². The minimum Gasteiger partial charge on any atom is -0.354 e. The van der Waals surface area contributed by atoms with Gasteiger partial charge in [0, 0.05) is 20.8 Å². The Morgan fingerprint density at radius 2 is 1.79 bits per heavy atom. The third kappa shape index (κ3) is 3.21. The van der Waals surface area contributed by atoms with Crippen LogP contribution < -0.4 is 0 Å². The lowest BCUT2D eigenvalue weighted by Crippen LogP contribution is -1.96. The van der Waals surface area contributed by atoms with Crippen LogP contribution in [-0.2, 0) is 15.6 Å². The molecule has 1 atom stereocenters. The lowest BCUT2D eigenvalue weighted by atomic mass is 10.2. The number of fused-ring (bicyclic) bond motifs is 1. The maximum Gasteiger partial charge on any atom is 0.142 e.